The minimum Gasteiger partial charge on any atom is -0.481 e. The van der Waals surface area contributed by atoms with Crippen molar-refractivity contribution in [2.45, 2.75) is 6.54 Å². The average molecular weight is 271 g/mol. The standard InChI is InChI=1S/C15H17N3O2/c1-20-15-12(6-5-9-16-15)10-18-14(19)11-17-13-7-3-2-4-8-13/h2-9,17H,10-11H2,1H3,(H,18,19). The maximum Gasteiger partial charge on any atom is 0.239 e. The van der Waals surface area contributed by atoms with Crippen molar-refractivity contribution in [1.29, 1.82) is 0 Å². The smallest absolute Gasteiger partial charge is 0.239 e. The molecule has 0 saturated carbocycles. The zero-order valence-corrected chi connectivity index (χ0v) is 11.3. The Balaban J connectivity index is 1.80. The van der Waals surface area contributed by atoms with Gasteiger partial charge in [-0.1, -0.05) is 24.3 Å². The summed E-state index contributed by atoms with van der Waals surface area (Å²) in [6, 6.07) is 13.3. The van der Waals surface area contributed by atoms with Gasteiger partial charge in [-0.25, -0.2) is 4.98 Å². The Morgan fingerprint density at radius 3 is 2.75 bits per heavy atom. The number of para-hydroxylation sites is 1. The van der Waals surface area contributed by atoms with Gasteiger partial charge in [0.1, 0.15) is 0 Å². The van der Waals surface area contributed by atoms with Gasteiger partial charge in [-0.3, -0.25) is 4.79 Å². The van der Waals surface area contributed by atoms with Crippen LogP contribution in [0.5, 0.6) is 5.88 Å². The van der Waals surface area contributed by atoms with Gasteiger partial charge in [-0.2, -0.15) is 0 Å². The van der Waals surface area contributed by atoms with Gasteiger partial charge in [0.05, 0.1) is 13.7 Å². The SMILES string of the molecule is COc1ncccc1CNC(=O)CNc1ccccc1. The summed E-state index contributed by atoms with van der Waals surface area (Å²) in [6.45, 7) is 0.624. The molecular formula is C15H17N3O2. The summed E-state index contributed by atoms with van der Waals surface area (Å²) in [6.07, 6.45) is 1.65. The lowest BCUT2D eigenvalue weighted by Crippen LogP contribution is -2.29. The quantitative estimate of drug-likeness (QED) is 0.841. The highest BCUT2D eigenvalue weighted by molar-refractivity contribution is 5.80. The minimum atomic E-state index is -0.0836. The number of pyridine rings is 1. The van der Waals surface area contributed by atoms with E-state index in [0.29, 0.717) is 12.4 Å². The average Bonchev–Trinajstić information content (AvgIpc) is 2.52. The van der Waals surface area contributed by atoms with Crippen molar-refractivity contribution in [3.63, 3.8) is 0 Å². The van der Waals surface area contributed by atoms with Crippen LogP contribution in [0.15, 0.2) is 48.7 Å². The molecule has 0 bridgehead atoms. The molecule has 1 heterocycles. The van der Waals surface area contributed by atoms with Crippen molar-refractivity contribution < 1.29 is 9.53 Å². The first kappa shape index (κ1) is 13.9. The largest absolute Gasteiger partial charge is 0.481 e. The maximum atomic E-state index is 11.8. The molecule has 0 unspecified atom stereocenters. The molecule has 0 saturated heterocycles. The van der Waals surface area contributed by atoms with E-state index in [4.69, 9.17) is 4.74 Å². The number of ether oxygens (including phenoxy) is 1. The molecule has 2 rings (SSSR count). The molecule has 0 aliphatic rings. The van der Waals surface area contributed by atoms with Gasteiger partial charge < -0.3 is 15.4 Å². The molecule has 0 radical (unpaired) electrons. The fourth-order valence-corrected chi connectivity index (χ4v) is 1.74. The van der Waals surface area contributed by atoms with Crippen molar-refractivity contribution in [1.82, 2.24) is 10.3 Å². The summed E-state index contributed by atoms with van der Waals surface area (Å²) in [7, 11) is 1.56. The van der Waals surface area contributed by atoms with Gasteiger partial charge in [0.2, 0.25) is 11.8 Å². The normalized spacial score (nSPS) is 9.85. The van der Waals surface area contributed by atoms with Crippen LogP contribution < -0.4 is 15.4 Å². The van der Waals surface area contributed by atoms with E-state index in [1.54, 1.807) is 13.3 Å². The zero-order chi connectivity index (χ0) is 14.2. The highest BCUT2D eigenvalue weighted by Gasteiger charge is 2.05. The summed E-state index contributed by atoms with van der Waals surface area (Å²) in [5, 5.41) is 5.87. The van der Waals surface area contributed by atoms with Gasteiger partial charge in [-0.05, 0) is 18.2 Å². The van der Waals surface area contributed by atoms with Crippen LogP contribution in [0.4, 0.5) is 5.69 Å². The minimum absolute atomic E-state index is 0.0836. The topological polar surface area (TPSA) is 63.2 Å². The summed E-state index contributed by atoms with van der Waals surface area (Å²) in [4.78, 5) is 15.8. The number of anilines is 1. The van der Waals surface area contributed by atoms with E-state index in [1.165, 1.54) is 0 Å². The Morgan fingerprint density at radius 1 is 1.20 bits per heavy atom. The van der Waals surface area contributed by atoms with Gasteiger partial charge >= 0.3 is 0 Å². The predicted molar refractivity (Wildman–Crippen MR) is 77.6 cm³/mol. The molecule has 2 aromatic rings. The first-order valence-electron chi connectivity index (χ1n) is 6.33. The molecule has 0 aliphatic heterocycles. The molecule has 5 nitrogen and oxygen atoms in total. The van der Waals surface area contributed by atoms with Gasteiger partial charge in [0.15, 0.2) is 0 Å². The molecule has 104 valence electrons. The van der Waals surface area contributed by atoms with Gasteiger partial charge in [0, 0.05) is 24.0 Å². The number of rotatable bonds is 6. The van der Waals surface area contributed by atoms with Crippen molar-refractivity contribution in [3.05, 3.63) is 54.2 Å². The van der Waals surface area contributed by atoms with E-state index in [-0.39, 0.29) is 12.5 Å². The fourth-order valence-electron chi connectivity index (χ4n) is 1.74. The summed E-state index contributed by atoms with van der Waals surface area (Å²) in [5.41, 5.74) is 1.77. The Morgan fingerprint density at radius 2 is 2.00 bits per heavy atom. The predicted octanol–water partition coefficient (Wildman–Crippen LogP) is 1.82. The van der Waals surface area contributed by atoms with E-state index in [0.717, 1.165) is 11.3 Å². The third-order valence-electron chi connectivity index (χ3n) is 2.75. The number of benzene rings is 1. The van der Waals surface area contributed by atoms with Crippen molar-refractivity contribution in [3.8, 4) is 5.88 Å². The molecule has 1 aromatic carbocycles. The zero-order valence-electron chi connectivity index (χ0n) is 11.3. The van der Waals surface area contributed by atoms with E-state index >= 15 is 0 Å². The number of carbonyl (C=O) groups excluding carboxylic acids is 1. The number of nitrogens with zero attached hydrogens (tertiary/aromatic N) is 1. The van der Waals surface area contributed by atoms with Crippen LogP contribution in [-0.4, -0.2) is 24.5 Å². The third-order valence-corrected chi connectivity index (χ3v) is 2.75. The number of aromatic nitrogens is 1. The highest BCUT2D eigenvalue weighted by Crippen LogP contribution is 2.12. The third kappa shape index (κ3) is 3.98. The Hall–Kier alpha value is -2.56. The van der Waals surface area contributed by atoms with E-state index in [2.05, 4.69) is 15.6 Å². The van der Waals surface area contributed by atoms with E-state index < -0.39 is 0 Å². The molecule has 1 amide bonds. The van der Waals surface area contributed by atoms with Crippen LogP contribution in [0.2, 0.25) is 0 Å². The molecule has 0 fully saturated rings. The van der Waals surface area contributed by atoms with Crippen LogP contribution in [-0.2, 0) is 11.3 Å². The molecule has 0 atom stereocenters. The molecule has 5 heteroatoms. The molecule has 2 N–H and O–H groups in total. The fraction of sp³-hybridized carbons (Fsp3) is 0.200. The van der Waals surface area contributed by atoms with Gasteiger partial charge in [0.25, 0.3) is 0 Å². The van der Waals surface area contributed by atoms with Crippen molar-refractivity contribution in [2.75, 3.05) is 19.0 Å². The number of nitrogens with one attached hydrogen (secondary N) is 2. The number of carbonyl (C=O) groups is 1. The molecule has 20 heavy (non-hydrogen) atoms. The van der Waals surface area contributed by atoms with Crippen LogP contribution >= 0.6 is 0 Å². The Kier molecular flexibility index (Phi) is 4.94. The van der Waals surface area contributed by atoms with Crippen molar-refractivity contribution in [2.24, 2.45) is 0 Å². The summed E-state index contributed by atoms with van der Waals surface area (Å²) < 4.78 is 5.13. The summed E-state index contributed by atoms with van der Waals surface area (Å²) >= 11 is 0. The number of hydrogen-bond donors (Lipinski definition) is 2. The molecule has 0 spiro atoms. The number of hydrogen-bond acceptors (Lipinski definition) is 4. The highest BCUT2D eigenvalue weighted by atomic mass is 16.5. The second-order valence-corrected chi connectivity index (χ2v) is 4.17. The Labute approximate surface area is 118 Å². The monoisotopic (exact) mass is 271 g/mol. The summed E-state index contributed by atoms with van der Waals surface area (Å²) in [5.74, 6) is 0.448. The first-order valence-corrected chi connectivity index (χ1v) is 6.33. The lowest BCUT2D eigenvalue weighted by molar-refractivity contribution is -0.119. The lowest BCUT2D eigenvalue weighted by Gasteiger charge is -2.09. The van der Waals surface area contributed by atoms with Crippen LogP contribution in [0.1, 0.15) is 5.56 Å². The maximum absolute atomic E-state index is 11.8. The van der Waals surface area contributed by atoms with Gasteiger partial charge in [-0.15, -0.1) is 0 Å². The van der Waals surface area contributed by atoms with E-state index in [9.17, 15) is 4.79 Å². The van der Waals surface area contributed by atoms with Crippen LogP contribution in [0.25, 0.3) is 0 Å². The number of amides is 1. The lowest BCUT2D eigenvalue weighted by atomic mass is 10.2. The molecule has 1 aromatic heterocycles. The van der Waals surface area contributed by atoms with E-state index in [1.807, 2.05) is 42.5 Å². The van der Waals surface area contributed by atoms with Crippen molar-refractivity contribution >= 4 is 11.6 Å². The number of methoxy groups -OCH3 is 1. The van der Waals surface area contributed by atoms with Crippen LogP contribution in [0.3, 0.4) is 0 Å². The second-order valence-electron chi connectivity index (χ2n) is 4.17. The Bertz CT molecular complexity index is 558. The molecule has 0 aliphatic carbocycles. The molecular weight excluding hydrogens is 254 g/mol. The first-order chi connectivity index (χ1) is 9.79. The van der Waals surface area contributed by atoms with Crippen LogP contribution in [0, 0.1) is 0 Å². The second kappa shape index (κ2) is 7.13.